The van der Waals surface area contributed by atoms with Crippen molar-refractivity contribution in [2.45, 2.75) is 51.4 Å². The van der Waals surface area contributed by atoms with Crippen LogP contribution in [0, 0.1) is 0 Å². The van der Waals surface area contributed by atoms with E-state index in [0.717, 1.165) is 29.9 Å². The first kappa shape index (κ1) is 39.9. The van der Waals surface area contributed by atoms with Crippen LogP contribution in [-0.4, -0.2) is 0 Å². The Hall–Kier alpha value is -7.68. The van der Waals surface area contributed by atoms with Gasteiger partial charge in [0.05, 0.1) is 0 Å². The second-order valence-electron chi connectivity index (χ2n) is 19.2. The topological polar surface area (TPSA) is 6.48 Å². The predicted octanol–water partition coefficient (Wildman–Crippen LogP) is 17.6. The molecule has 3 aliphatic carbocycles. The van der Waals surface area contributed by atoms with E-state index >= 15 is 0 Å². The smallest absolute Gasteiger partial charge is 0.0462 e. The van der Waals surface area contributed by atoms with Crippen molar-refractivity contribution in [2.24, 2.45) is 0 Å². The van der Waals surface area contributed by atoms with Crippen LogP contribution < -0.4 is 9.80 Å². The average molecular weight is 849 g/mol. The lowest BCUT2D eigenvalue weighted by Gasteiger charge is -2.31. The van der Waals surface area contributed by atoms with Crippen LogP contribution in [0.2, 0.25) is 0 Å². The minimum atomic E-state index is -0.224. The van der Waals surface area contributed by atoms with E-state index in [4.69, 9.17) is 0 Å². The largest absolute Gasteiger partial charge is 0.314 e. The van der Waals surface area contributed by atoms with Gasteiger partial charge in [0, 0.05) is 45.0 Å². The summed E-state index contributed by atoms with van der Waals surface area (Å²) in [7, 11) is 0. The van der Waals surface area contributed by atoms with Crippen molar-refractivity contribution in [3.05, 3.63) is 246 Å². The summed E-state index contributed by atoms with van der Waals surface area (Å²) in [6, 6.07) is 74.0. The van der Waals surface area contributed by atoms with E-state index in [1.165, 1.54) is 94.6 Å². The third-order valence-corrected chi connectivity index (χ3v) is 14.6. The van der Waals surface area contributed by atoms with Crippen LogP contribution in [0.5, 0.6) is 0 Å². The predicted molar refractivity (Wildman–Crippen MR) is 280 cm³/mol. The number of allylic oxidation sites excluding steroid dienone is 4. The number of para-hydroxylation sites is 3. The molecule has 0 fully saturated rings. The highest BCUT2D eigenvalue weighted by molar-refractivity contribution is 6.13. The molecular weight excluding hydrogens is 797 g/mol. The molecule has 0 bridgehead atoms. The normalized spacial score (nSPS) is 14.8. The lowest BCUT2D eigenvalue weighted by molar-refractivity contribution is 0.602. The van der Waals surface area contributed by atoms with Crippen molar-refractivity contribution in [1.29, 1.82) is 0 Å². The van der Waals surface area contributed by atoms with Crippen molar-refractivity contribution >= 4 is 39.2 Å². The molecular formula is C64H52N2. The van der Waals surface area contributed by atoms with Crippen LogP contribution in [0.4, 0.5) is 28.4 Å². The molecule has 9 aromatic rings. The zero-order valence-electron chi connectivity index (χ0n) is 38.1. The molecule has 0 atom stereocenters. The number of hydrogen-bond acceptors (Lipinski definition) is 2. The fourth-order valence-electron chi connectivity index (χ4n) is 11.5. The van der Waals surface area contributed by atoms with Crippen LogP contribution in [0.1, 0.15) is 62.8 Å². The molecule has 2 nitrogen and oxygen atoms in total. The van der Waals surface area contributed by atoms with Crippen molar-refractivity contribution in [2.75, 3.05) is 9.80 Å². The third-order valence-electron chi connectivity index (χ3n) is 14.6. The fourth-order valence-corrected chi connectivity index (χ4v) is 11.5. The Bertz CT molecular complexity index is 3340. The van der Waals surface area contributed by atoms with Gasteiger partial charge < -0.3 is 9.80 Å². The summed E-state index contributed by atoms with van der Waals surface area (Å²) in [5.41, 5.74) is 22.8. The maximum absolute atomic E-state index is 2.49. The molecule has 318 valence electrons. The Kier molecular flexibility index (Phi) is 9.36. The number of anilines is 5. The molecule has 0 saturated heterocycles. The van der Waals surface area contributed by atoms with E-state index in [-0.39, 0.29) is 10.8 Å². The van der Waals surface area contributed by atoms with Crippen LogP contribution in [-0.2, 0) is 10.8 Å². The standard InChI is InChI=1S/C64H52N2/c1-63(2)57-41-45(43-29-35-51(36-30-43)65(47-19-9-5-10-20-47)48-21-11-6-12-22-48)33-39-55(57)59-53-27-17-18-28-54(53)60-56-40-34-46(42-58(56)64(3,4)62(60)61(59)63)44-31-37-52(38-32-44)66(49-23-13-7-14-24-49)50-25-15-8-16-26-50/h5-15,17-25,27-42H,16,26H2,1-4H3. The molecule has 0 N–H and O–H groups in total. The average Bonchev–Trinajstić information content (AvgIpc) is 3.75. The summed E-state index contributed by atoms with van der Waals surface area (Å²) in [4.78, 5) is 4.73. The van der Waals surface area contributed by atoms with E-state index in [1.54, 1.807) is 0 Å². The highest BCUT2D eigenvalue weighted by atomic mass is 15.2. The maximum atomic E-state index is 2.49. The van der Waals surface area contributed by atoms with Gasteiger partial charge in [-0.3, -0.25) is 0 Å². The molecule has 0 heterocycles. The lowest BCUT2D eigenvalue weighted by atomic mass is 9.71. The fraction of sp³-hybridized carbons (Fsp3) is 0.125. The first-order valence-electron chi connectivity index (χ1n) is 23.5. The van der Waals surface area contributed by atoms with Crippen LogP contribution in [0.15, 0.2) is 224 Å². The number of nitrogens with zero attached hydrogens (tertiary/aromatic N) is 2. The first-order chi connectivity index (χ1) is 32.3. The zero-order chi connectivity index (χ0) is 44.6. The Morgan fingerprint density at radius 2 is 0.758 bits per heavy atom. The molecule has 0 radical (unpaired) electrons. The molecule has 3 aliphatic rings. The summed E-state index contributed by atoms with van der Waals surface area (Å²) in [6.07, 6.45) is 8.78. The van der Waals surface area contributed by atoms with E-state index in [2.05, 4.69) is 256 Å². The second-order valence-corrected chi connectivity index (χ2v) is 19.2. The Labute approximate surface area is 389 Å². The molecule has 12 rings (SSSR count). The quantitative estimate of drug-likeness (QED) is 0.150. The van der Waals surface area contributed by atoms with Gasteiger partial charge in [0.25, 0.3) is 0 Å². The van der Waals surface area contributed by atoms with Crippen molar-refractivity contribution in [1.82, 2.24) is 0 Å². The van der Waals surface area contributed by atoms with Gasteiger partial charge in [0.15, 0.2) is 0 Å². The molecule has 0 unspecified atom stereocenters. The summed E-state index contributed by atoms with van der Waals surface area (Å²) < 4.78 is 0. The van der Waals surface area contributed by atoms with Gasteiger partial charge in [0.1, 0.15) is 0 Å². The minimum Gasteiger partial charge on any atom is -0.314 e. The van der Waals surface area contributed by atoms with Crippen LogP contribution in [0.3, 0.4) is 0 Å². The van der Waals surface area contributed by atoms with Gasteiger partial charge >= 0.3 is 0 Å². The lowest BCUT2D eigenvalue weighted by Crippen LogP contribution is -2.24. The summed E-state index contributed by atoms with van der Waals surface area (Å²) in [5, 5.41) is 2.68. The van der Waals surface area contributed by atoms with Gasteiger partial charge in [0.2, 0.25) is 0 Å². The van der Waals surface area contributed by atoms with Gasteiger partial charge in [-0.2, -0.15) is 0 Å². The van der Waals surface area contributed by atoms with Gasteiger partial charge in [-0.25, -0.2) is 0 Å². The van der Waals surface area contributed by atoms with Gasteiger partial charge in [-0.05, 0) is 169 Å². The highest BCUT2D eigenvalue weighted by Crippen LogP contribution is 2.62. The summed E-state index contributed by atoms with van der Waals surface area (Å²) >= 11 is 0. The van der Waals surface area contributed by atoms with Crippen LogP contribution >= 0.6 is 0 Å². The van der Waals surface area contributed by atoms with E-state index in [9.17, 15) is 0 Å². The molecule has 0 spiro atoms. The minimum absolute atomic E-state index is 0.221. The second kappa shape index (κ2) is 15.5. The number of benzene rings is 9. The number of fused-ring (bicyclic) bond motifs is 10. The van der Waals surface area contributed by atoms with Gasteiger partial charge in [-0.1, -0.05) is 167 Å². The number of hydrogen-bond donors (Lipinski definition) is 0. The Balaban J connectivity index is 0.918. The van der Waals surface area contributed by atoms with Crippen molar-refractivity contribution in [3.63, 3.8) is 0 Å². The Morgan fingerprint density at radius 3 is 1.18 bits per heavy atom. The van der Waals surface area contributed by atoms with E-state index < -0.39 is 0 Å². The summed E-state index contributed by atoms with van der Waals surface area (Å²) in [5.74, 6) is 0. The molecule has 0 aromatic heterocycles. The first-order valence-corrected chi connectivity index (χ1v) is 23.5. The SMILES string of the molecule is CC1(C)c2cc(-c3ccc(N(C4=CC=CCC4)c4ccccc4)cc3)ccc2-c2c1c1c(c3ccccc23)-c2ccc(-c3ccc(N(c4ccccc4)c4ccccc4)cc3)cc2C1(C)C. The maximum Gasteiger partial charge on any atom is 0.0462 e. The highest BCUT2D eigenvalue weighted by Gasteiger charge is 2.47. The Morgan fingerprint density at radius 1 is 0.379 bits per heavy atom. The van der Waals surface area contributed by atoms with E-state index in [1.807, 2.05) is 0 Å². The molecule has 0 saturated carbocycles. The molecule has 66 heavy (non-hydrogen) atoms. The van der Waals surface area contributed by atoms with Crippen LogP contribution in [0.25, 0.3) is 55.3 Å². The number of rotatable bonds is 8. The molecule has 0 aliphatic heterocycles. The molecule has 0 amide bonds. The summed E-state index contributed by atoms with van der Waals surface area (Å²) in [6.45, 7) is 9.84. The van der Waals surface area contributed by atoms with Crippen molar-refractivity contribution < 1.29 is 0 Å². The van der Waals surface area contributed by atoms with E-state index in [0.29, 0.717) is 0 Å². The van der Waals surface area contributed by atoms with Gasteiger partial charge in [-0.15, -0.1) is 0 Å². The third kappa shape index (κ3) is 6.31. The zero-order valence-corrected chi connectivity index (χ0v) is 38.1. The van der Waals surface area contributed by atoms with Crippen molar-refractivity contribution in [3.8, 4) is 44.5 Å². The molecule has 2 heteroatoms. The monoisotopic (exact) mass is 848 g/mol. The molecule has 9 aromatic carbocycles.